The zero-order valence-electron chi connectivity index (χ0n) is 10.8. The highest BCUT2D eigenvalue weighted by atomic mass is 16.3. The summed E-state index contributed by atoms with van der Waals surface area (Å²) in [6.45, 7) is 2.47. The van der Waals surface area contributed by atoms with Gasteiger partial charge in [0.05, 0.1) is 6.42 Å². The van der Waals surface area contributed by atoms with Crippen molar-refractivity contribution in [2.24, 2.45) is 0 Å². The summed E-state index contributed by atoms with van der Waals surface area (Å²) in [4.78, 5) is 17.9. The van der Waals surface area contributed by atoms with Gasteiger partial charge < -0.3 is 10.0 Å². The summed E-state index contributed by atoms with van der Waals surface area (Å²) >= 11 is 0. The maximum atomic E-state index is 12.3. The van der Waals surface area contributed by atoms with E-state index in [2.05, 4.69) is 4.98 Å². The molecule has 0 aliphatic heterocycles. The van der Waals surface area contributed by atoms with Crippen LogP contribution in [0.4, 0.5) is 5.69 Å². The van der Waals surface area contributed by atoms with Crippen LogP contribution < -0.4 is 4.90 Å². The molecule has 1 aromatic carbocycles. The van der Waals surface area contributed by atoms with E-state index in [1.807, 2.05) is 25.1 Å². The van der Waals surface area contributed by atoms with E-state index in [-0.39, 0.29) is 11.7 Å². The molecule has 0 saturated heterocycles. The van der Waals surface area contributed by atoms with Crippen molar-refractivity contribution in [3.8, 4) is 5.75 Å². The van der Waals surface area contributed by atoms with Crippen LogP contribution in [0, 0.1) is 0 Å². The van der Waals surface area contributed by atoms with Crippen molar-refractivity contribution in [2.75, 3.05) is 11.4 Å². The summed E-state index contributed by atoms with van der Waals surface area (Å²) in [5, 5.41) is 9.48. The molecule has 1 heterocycles. The molecule has 0 spiro atoms. The number of benzene rings is 1. The number of hydrogen-bond donors (Lipinski definition) is 1. The molecule has 4 nitrogen and oxygen atoms in total. The predicted molar refractivity (Wildman–Crippen MR) is 74.1 cm³/mol. The molecule has 0 aliphatic rings. The van der Waals surface area contributed by atoms with E-state index < -0.39 is 0 Å². The number of amides is 1. The van der Waals surface area contributed by atoms with Gasteiger partial charge in [0.25, 0.3) is 0 Å². The standard InChI is InChI=1S/C15H16N2O2/c1-2-17(13-6-3-7-14(18)10-13)15(19)9-12-5-4-8-16-11-12/h3-8,10-11,18H,2,9H2,1H3. The molecule has 0 fully saturated rings. The van der Waals surface area contributed by atoms with E-state index in [0.717, 1.165) is 5.56 Å². The van der Waals surface area contributed by atoms with Gasteiger partial charge in [-0.15, -0.1) is 0 Å². The SMILES string of the molecule is CCN(C(=O)Cc1cccnc1)c1cccc(O)c1. The van der Waals surface area contributed by atoms with Gasteiger partial charge in [0.1, 0.15) is 5.75 Å². The number of aromatic nitrogens is 1. The van der Waals surface area contributed by atoms with Crippen molar-refractivity contribution < 1.29 is 9.90 Å². The first-order valence-electron chi connectivity index (χ1n) is 6.19. The number of carbonyl (C=O) groups is 1. The Morgan fingerprint density at radius 3 is 2.79 bits per heavy atom. The first-order valence-corrected chi connectivity index (χ1v) is 6.19. The number of hydrogen-bond acceptors (Lipinski definition) is 3. The minimum Gasteiger partial charge on any atom is -0.508 e. The molecule has 1 aromatic heterocycles. The van der Waals surface area contributed by atoms with Gasteiger partial charge in [0.15, 0.2) is 0 Å². The Kier molecular flexibility index (Phi) is 4.13. The van der Waals surface area contributed by atoms with Crippen LogP contribution in [0.2, 0.25) is 0 Å². The molecule has 4 heteroatoms. The molecule has 2 aromatic rings. The molecule has 0 saturated carbocycles. The molecule has 0 aliphatic carbocycles. The molecular formula is C15H16N2O2. The Morgan fingerprint density at radius 2 is 2.16 bits per heavy atom. The number of carbonyl (C=O) groups excluding carboxylic acids is 1. The number of phenols is 1. The van der Waals surface area contributed by atoms with E-state index in [1.54, 1.807) is 35.5 Å². The van der Waals surface area contributed by atoms with E-state index in [9.17, 15) is 9.90 Å². The van der Waals surface area contributed by atoms with Gasteiger partial charge >= 0.3 is 0 Å². The van der Waals surface area contributed by atoms with Crippen LogP contribution in [0.3, 0.4) is 0 Å². The number of rotatable bonds is 4. The minimum absolute atomic E-state index is 0.0129. The van der Waals surface area contributed by atoms with Gasteiger partial charge in [0.2, 0.25) is 5.91 Å². The third-order valence-electron chi connectivity index (χ3n) is 2.84. The molecular weight excluding hydrogens is 240 g/mol. The molecule has 98 valence electrons. The molecule has 0 unspecified atom stereocenters. The quantitative estimate of drug-likeness (QED) is 0.913. The molecule has 1 N–H and O–H groups in total. The van der Waals surface area contributed by atoms with Crippen molar-refractivity contribution in [2.45, 2.75) is 13.3 Å². The van der Waals surface area contributed by atoms with Crippen LogP contribution in [0.25, 0.3) is 0 Å². The Labute approximate surface area is 112 Å². The summed E-state index contributed by atoms with van der Waals surface area (Å²) < 4.78 is 0. The van der Waals surface area contributed by atoms with Gasteiger partial charge in [-0.3, -0.25) is 9.78 Å². The molecule has 2 rings (SSSR count). The lowest BCUT2D eigenvalue weighted by Crippen LogP contribution is -2.31. The predicted octanol–water partition coefficient (Wildman–Crippen LogP) is 2.38. The Balaban J connectivity index is 2.16. The number of anilines is 1. The third-order valence-corrected chi connectivity index (χ3v) is 2.84. The average Bonchev–Trinajstić information content (AvgIpc) is 2.41. The zero-order chi connectivity index (χ0) is 13.7. The van der Waals surface area contributed by atoms with Crippen LogP contribution in [-0.2, 0) is 11.2 Å². The van der Waals surface area contributed by atoms with Crippen LogP contribution in [0.15, 0.2) is 48.8 Å². The van der Waals surface area contributed by atoms with Crippen molar-refractivity contribution in [1.29, 1.82) is 0 Å². The number of aromatic hydroxyl groups is 1. The second-order valence-corrected chi connectivity index (χ2v) is 4.20. The number of likely N-dealkylation sites (N-methyl/N-ethyl adjacent to an activating group) is 1. The summed E-state index contributed by atoms with van der Waals surface area (Å²) in [7, 11) is 0. The van der Waals surface area contributed by atoms with E-state index in [4.69, 9.17) is 0 Å². The molecule has 0 atom stereocenters. The highest BCUT2D eigenvalue weighted by molar-refractivity contribution is 5.94. The van der Waals surface area contributed by atoms with Crippen molar-refractivity contribution in [1.82, 2.24) is 4.98 Å². The number of phenolic OH excluding ortho intramolecular Hbond substituents is 1. The lowest BCUT2D eigenvalue weighted by Gasteiger charge is -2.21. The van der Waals surface area contributed by atoms with Crippen LogP contribution in [-0.4, -0.2) is 22.5 Å². The number of pyridine rings is 1. The van der Waals surface area contributed by atoms with Gasteiger partial charge in [-0.2, -0.15) is 0 Å². The summed E-state index contributed by atoms with van der Waals surface area (Å²) in [6.07, 6.45) is 3.67. The molecule has 19 heavy (non-hydrogen) atoms. The summed E-state index contributed by atoms with van der Waals surface area (Å²) in [6, 6.07) is 10.4. The molecule has 1 amide bonds. The van der Waals surface area contributed by atoms with Crippen molar-refractivity contribution >= 4 is 11.6 Å². The highest BCUT2D eigenvalue weighted by Crippen LogP contribution is 2.20. The normalized spacial score (nSPS) is 10.2. The third kappa shape index (κ3) is 3.31. The maximum absolute atomic E-state index is 12.3. The fourth-order valence-electron chi connectivity index (χ4n) is 1.94. The Bertz CT molecular complexity index is 555. The van der Waals surface area contributed by atoms with Crippen molar-refractivity contribution in [3.63, 3.8) is 0 Å². The van der Waals surface area contributed by atoms with Crippen LogP contribution in [0.5, 0.6) is 5.75 Å². The monoisotopic (exact) mass is 256 g/mol. The van der Waals surface area contributed by atoms with Crippen molar-refractivity contribution in [3.05, 3.63) is 54.4 Å². The fourth-order valence-corrected chi connectivity index (χ4v) is 1.94. The first kappa shape index (κ1) is 13.1. The van der Waals surface area contributed by atoms with Crippen LogP contribution >= 0.6 is 0 Å². The second kappa shape index (κ2) is 6.00. The summed E-state index contributed by atoms with van der Waals surface area (Å²) in [5.74, 6) is 0.145. The molecule has 0 radical (unpaired) electrons. The topological polar surface area (TPSA) is 53.4 Å². The van der Waals surface area contributed by atoms with E-state index in [1.165, 1.54) is 0 Å². The van der Waals surface area contributed by atoms with Gasteiger partial charge in [-0.05, 0) is 30.7 Å². The highest BCUT2D eigenvalue weighted by Gasteiger charge is 2.14. The zero-order valence-corrected chi connectivity index (χ0v) is 10.8. The maximum Gasteiger partial charge on any atom is 0.231 e. The largest absolute Gasteiger partial charge is 0.508 e. The summed E-state index contributed by atoms with van der Waals surface area (Å²) in [5.41, 5.74) is 1.59. The van der Waals surface area contributed by atoms with E-state index >= 15 is 0 Å². The van der Waals surface area contributed by atoms with Gasteiger partial charge in [0, 0.05) is 30.7 Å². The Hall–Kier alpha value is -2.36. The number of nitrogens with zero attached hydrogens (tertiary/aromatic N) is 2. The first-order chi connectivity index (χ1) is 9.20. The molecule has 0 bridgehead atoms. The smallest absolute Gasteiger partial charge is 0.231 e. The second-order valence-electron chi connectivity index (χ2n) is 4.20. The lowest BCUT2D eigenvalue weighted by atomic mass is 10.2. The van der Waals surface area contributed by atoms with E-state index in [0.29, 0.717) is 18.7 Å². The Morgan fingerprint density at radius 1 is 1.32 bits per heavy atom. The minimum atomic E-state index is -0.0129. The van der Waals surface area contributed by atoms with Gasteiger partial charge in [-0.25, -0.2) is 0 Å². The lowest BCUT2D eigenvalue weighted by molar-refractivity contribution is -0.117. The van der Waals surface area contributed by atoms with Crippen LogP contribution in [0.1, 0.15) is 12.5 Å². The van der Waals surface area contributed by atoms with Gasteiger partial charge in [-0.1, -0.05) is 12.1 Å². The average molecular weight is 256 g/mol. The fraction of sp³-hybridized carbons (Fsp3) is 0.200.